The number of benzene rings is 1. The summed E-state index contributed by atoms with van der Waals surface area (Å²) in [6.07, 6.45) is 0. The number of hydrazone groups is 1. The van der Waals surface area contributed by atoms with Gasteiger partial charge >= 0.3 is 5.84 Å². The van der Waals surface area contributed by atoms with Gasteiger partial charge in [-0.15, -0.1) is 0 Å². The van der Waals surface area contributed by atoms with Gasteiger partial charge in [-0.25, -0.2) is 9.05 Å². The van der Waals surface area contributed by atoms with Gasteiger partial charge in [0.15, 0.2) is 16.9 Å². The Morgan fingerprint density at radius 2 is 1.97 bits per heavy atom. The van der Waals surface area contributed by atoms with Gasteiger partial charge in [0.05, 0.1) is 6.57 Å². The summed E-state index contributed by atoms with van der Waals surface area (Å²) in [4.78, 5) is 19.1. The molecule has 0 spiro atoms. The summed E-state index contributed by atoms with van der Waals surface area (Å²) >= 11 is -1.99. The molecule has 0 aliphatic carbocycles. The first-order valence-corrected chi connectivity index (χ1v) is 9.58. The van der Waals surface area contributed by atoms with Gasteiger partial charge in [0.1, 0.15) is 5.88 Å². The Labute approximate surface area is 170 Å². The number of hydrogen-bond donors (Lipinski definition) is 4. The van der Waals surface area contributed by atoms with Crippen LogP contribution in [0.1, 0.15) is 36.8 Å². The summed E-state index contributed by atoms with van der Waals surface area (Å²) in [5.41, 5.74) is 3.82. The number of aromatic amines is 1. The maximum absolute atomic E-state index is 12.5. The molecule has 0 aliphatic rings. The van der Waals surface area contributed by atoms with E-state index in [0.29, 0.717) is 11.4 Å². The van der Waals surface area contributed by atoms with Crippen LogP contribution in [0.5, 0.6) is 0 Å². The third-order valence-electron chi connectivity index (χ3n) is 3.73. The Balaban J connectivity index is 2.19. The number of amidine groups is 1. The van der Waals surface area contributed by atoms with Crippen molar-refractivity contribution < 1.29 is 13.6 Å². The minimum atomic E-state index is -1.99. The van der Waals surface area contributed by atoms with Gasteiger partial charge in [-0.2, -0.15) is 10.5 Å². The molecular formula is C18H19N7O3S. The number of rotatable bonds is 7. The monoisotopic (exact) mass is 413 g/mol. The lowest BCUT2D eigenvalue weighted by Gasteiger charge is -2.16. The van der Waals surface area contributed by atoms with E-state index in [1.165, 1.54) is 12.1 Å². The summed E-state index contributed by atoms with van der Waals surface area (Å²) in [7, 11) is 0. The van der Waals surface area contributed by atoms with Gasteiger partial charge in [-0.05, 0) is 22.6 Å². The van der Waals surface area contributed by atoms with Crippen LogP contribution in [0.3, 0.4) is 0 Å². The average Bonchev–Trinajstić information content (AvgIpc) is 3.10. The quantitative estimate of drug-likeness (QED) is 0.138. The molecular weight excluding hydrogens is 394 g/mol. The summed E-state index contributed by atoms with van der Waals surface area (Å²) < 4.78 is 19.5. The van der Waals surface area contributed by atoms with Crippen LogP contribution in [0.25, 0.3) is 9.69 Å². The Bertz CT molecular complexity index is 1040. The molecule has 29 heavy (non-hydrogen) atoms. The third kappa shape index (κ3) is 5.48. The molecule has 1 aromatic heterocycles. The molecule has 4 N–H and O–H groups in total. The maximum atomic E-state index is 12.5. The fourth-order valence-electron chi connectivity index (χ4n) is 2.29. The lowest BCUT2D eigenvalue weighted by atomic mass is 9.91. The normalized spacial score (nSPS) is 12.6. The molecule has 2 aromatic rings. The molecule has 1 aromatic carbocycles. The number of nitrogens with one attached hydrogen (secondary N) is 3. The van der Waals surface area contributed by atoms with Crippen LogP contribution in [-0.4, -0.2) is 36.5 Å². The average molecular weight is 413 g/mol. The minimum Gasteiger partial charge on any atom is -0.372 e. The molecule has 0 saturated carbocycles. The molecule has 2 rings (SSSR count). The van der Waals surface area contributed by atoms with Gasteiger partial charge in [-0.3, -0.25) is 5.10 Å². The summed E-state index contributed by atoms with van der Waals surface area (Å²) in [6.45, 7) is 20.4. The smallest absolute Gasteiger partial charge is 0.341 e. The van der Waals surface area contributed by atoms with E-state index in [1.807, 2.05) is 20.8 Å². The lowest BCUT2D eigenvalue weighted by molar-refractivity contribution is 0.106. The van der Waals surface area contributed by atoms with Crippen molar-refractivity contribution in [3.63, 3.8) is 0 Å². The van der Waals surface area contributed by atoms with Crippen LogP contribution in [-0.2, 0) is 16.5 Å². The van der Waals surface area contributed by atoms with Gasteiger partial charge in [0.2, 0.25) is 5.78 Å². The molecule has 10 nitrogen and oxygen atoms in total. The molecule has 0 fully saturated rings. The SMILES string of the molecule is [C-]#[N+]/C(=N/Nc1n[nH]c(C(C)(C)C)c1[N+]#[C-])C(=O)c1ccc(NCS(=O)O)cc1. The van der Waals surface area contributed by atoms with E-state index in [9.17, 15) is 9.00 Å². The molecule has 0 aliphatic heterocycles. The fourth-order valence-corrected chi connectivity index (χ4v) is 2.58. The second kappa shape index (κ2) is 9.10. The Kier molecular flexibility index (Phi) is 6.83. The van der Waals surface area contributed by atoms with Crippen molar-refractivity contribution in [3.05, 3.63) is 58.4 Å². The van der Waals surface area contributed by atoms with Crippen molar-refractivity contribution >= 4 is 39.9 Å². The number of Topliss-reactive ketones (excluding diaryl/α,β-unsaturated/α-hetero) is 1. The largest absolute Gasteiger partial charge is 0.372 e. The number of carbonyl (C=O) groups excluding carboxylic acids is 1. The highest BCUT2D eigenvalue weighted by Gasteiger charge is 2.25. The zero-order valence-corrected chi connectivity index (χ0v) is 16.8. The van der Waals surface area contributed by atoms with Crippen LogP contribution in [0, 0.1) is 13.1 Å². The zero-order chi connectivity index (χ0) is 21.6. The first kappa shape index (κ1) is 21.8. The highest BCUT2D eigenvalue weighted by molar-refractivity contribution is 7.79. The van der Waals surface area contributed by atoms with Crippen LogP contribution in [0.4, 0.5) is 17.2 Å². The molecule has 1 unspecified atom stereocenters. The van der Waals surface area contributed by atoms with Gasteiger partial charge in [0, 0.05) is 16.9 Å². The number of nitrogens with zero attached hydrogens (tertiary/aromatic N) is 4. The highest BCUT2D eigenvalue weighted by Crippen LogP contribution is 2.35. The molecule has 0 bridgehead atoms. The summed E-state index contributed by atoms with van der Waals surface area (Å²) in [5.74, 6) is -1.04. The van der Waals surface area contributed by atoms with E-state index < -0.39 is 22.7 Å². The Morgan fingerprint density at radius 3 is 2.48 bits per heavy atom. The van der Waals surface area contributed by atoms with E-state index in [2.05, 4.69) is 35.7 Å². The predicted octanol–water partition coefficient (Wildman–Crippen LogP) is 3.38. The molecule has 1 atom stereocenters. The van der Waals surface area contributed by atoms with Crippen LogP contribution in [0.15, 0.2) is 29.4 Å². The van der Waals surface area contributed by atoms with E-state index in [1.54, 1.807) is 12.1 Å². The third-order valence-corrected chi connectivity index (χ3v) is 4.12. The van der Waals surface area contributed by atoms with Crippen molar-refractivity contribution in [1.29, 1.82) is 0 Å². The van der Waals surface area contributed by atoms with Crippen molar-refractivity contribution in [1.82, 2.24) is 10.2 Å². The van der Waals surface area contributed by atoms with Gasteiger partial charge in [-0.1, -0.05) is 39.5 Å². The highest BCUT2D eigenvalue weighted by atomic mass is 32.2. The Hall–Kier alpha value is -3.54. The van der Waals surface area contributed by atoms with E-state index in [0.717, 1.165) is 0 Å². The van der Waals surface area contributed by atoms with Gasteiger partial charge in [0.25, 0.3) is 5.69 Å². The standard InChI is InChI=1S/C18H19N7O3S/c1-18(2,3)15-13(19-4)16(23-22-15)24-25-17(20-5)14(26)11-6-8-12(9-7-11)21-10-29(27)28/h6-9,21H,10H2,1-3H3,(H,27,28)(H2,22,23,24)/b25-17+. The van der Waals surface area contributed by atoms with E-state index in [-0.39, 0.29) is 28.4 Å². The van der Waals surface area contributed by atoms with Crippen LogP contribution in [0.2, 0.25) is 0 Å². The lowest BCUT2D eigenvalue weighted by Crippen LogP contribution is -2.13. The predicted molar refractivity (Wildman–Crippen MR) is 111 cm³/mol. The number of aromatic nitrogens is 2. The Morgan fingerprint density at radius 1 is 1.31 bits per heavy atom. The van der Waals surface area contributed by atoms with Crippen molar-refractivity contribution in [2.45, 2.75) is 26.2 Å². The topological polar surface area (TPSA) is 128 Å². The van der Waals surface area contributed by atoms with Crippen LogP contribution >= 0.6 is 0 Å². The van der Waals surface area contributed by atoms with E-state index in [4.69, 9.17) is 17.7 Å². The molecule has 0 amide bonds. The number of anilines is 2. The molecule has 1 heterocycles. The molecule has 150 valence electrons. The minimum absolute atomic E-state index is 0.135. The number of ketones is 1. The summed E-state index contributed by atoms with van der Waals surface area (Å²) in [6, 6.07) is 6.05. The molecule has 11 heteroatoms. The second-order valence-corrected chi connectivity index (χ2v) is 7.80. The summed E-state index contributed by atoms with van der Waals surface area (Å²) in [5, 5.41) is 13.3. The van der Waals surface area contributed by atoms with Crippen molar-refractivity contribution in [2.24, 2.45) is 5.10 Å². The number of H-pyrrole nitrogens is 1. The van der Waals surface area contributed by atoms with Crippen LogP contribution < -0.4 is 10.7 Å². The van der Waals surface area contributed by atoms with Gasteiger partial charge < -0.3 is 19.5 Å². The molecule has 0 radical (unpaired) electrons. The fraction of sp³-hybridized carbons (Fsp3) is 0.278. The van der Waals surface area contributed by atoms with E-state index >= 15 is 0 Å². The first-order chi connectivity index (χ1) is 13.7. The maximum Gasteiger partial charge on any atom is 0.341 e. The van der Waals surface area contributed by atoms with Crippen molar-refractivity contribution in [3.8, 4) is 0 Å². The zero-order valence-electron chi connectivity index (χ0n) is 16.0. The number of hydrogen-bond acceptors (Lipinski definition) is 6. The first-order valence-electron chi connectivity index (χ1n) is 8.31. The molecule has 0 saturated heterocycles. The van der Waals surface area contributed by atoms with Crippen molar-refractivity contribution in [2.75, 3.05) is 16.6 Å². The number of carbonyl (C=O) groups is 1. The second-order valence-electron chi connectivity index (χ2n) is 6.87.